The summed E-state index contributed by atoms with van der Waals surface area (Å²) in [5.74, 6) is -2.36. The van der Waals surface area contributed by atoms with Crippen LogP contribution in [0.3, 0.4) is 0 Å². The lowest BCUT2D eigenvalue weighted by molar-refractivity contribution is -0.163. The number of hydrogen-bond acceptors (Lipinski definition) is 3. The highest BCUT2D eigenvalue weighted by Gasteiger charge is 2.49. The van der Waals surface area contributed by atoms with Crippen LogP contribution >= 0.6 is 0 Å². The van der Waals surface area contributed by atoms with E-state index in [1.165, 1.54) is 17.7 Å². The fourth-order valence-electron chi connectivity index (χ4n) is 5.13. The van der Waals surface area contributed by atoms with Gasteiger partial charge in [0.15, 0.2) is 0 Å². The molecule has 1 aromatic heterocycles. The van der Waals surface area contributed by atoms with Crippen molar-refractivity contribution in [2.24, 2.45) is 5.92 Å². The Morgan fingerprint density at radius 3 is 2.58 bits per heavy atom. The van der Waals surface area contributed by atoms with E-state index < -0.39 is 5.92 Å². The molecule has 5 rings (SSSR count). The van der Waals surface area contributed by atoms with Gasteiger partial charge in [-0.3, -0.25) is 14.4 Å². The predicted octanol–water partition coefficient (Wildman–Crippen LogP) is 3.38. The molecule has 2 fully saturated rings. The molecule has 2 aromatic rings. The third kappa shape index (κ3) is 4.10. The number of halogens is 3. The fraction of sp³-hybridized carbons (Fsp3) is 0.565. The van der Waals surface area contributed by atoms with Crippen LogP contribution in [0.2, 0.25) is 0 Å². The van der Waals surface area contributed by atoms with Crippen molar-refractivity contribution in [2.75, 3.05) is 19.6 Å². The summed E-state index contributed by atoms with van der Waals surface area (Å²) in [6.07, 6.45) is 2.94. The van der Waals surface area contributed by atoms with Gasteiger partial charge >= 0.3 is 0 Å². The molecule has 1 aliphatic carbocycles. The molecule has 1 saturated heterocycles. The lowest BCUT2D eigenvalue weighted by Gasteiger charge is -2.50. The van der Waals surface area contributed by atoms with Crippen LogP contribution < -0.4 is 0 Å². The first kappa shape index (κ1) is 20.5. The van der Waals surface area contributed by atoms with Gasteiger partial charge in [0.05, 0.1) is 37.6 Å². The molecule has 0 radical (unpaired) electrons. The van der Waals surface area contributed by atoms with E-state index in [1.54, 1.807) is 12.1 Å². The van der Waals surface area contributed by atoms with Crippen molar-refractivity contribution in [1.29, 1.82) is 0 Å². The number of carbonyl (C=O) groups is 1. The molecule has 1 amide bonds. The van der Waals surface area contributed by atoms with Crippen LogP contribution in [0.4, 0.5) is 13.2 Å². The SMILES string of the molecule is Cc1nn(Cc2ccc(F)cc2)c2c1CCN(C(=O)CC1CC(N3CC(F)(F)C3)C1)C2. The number of aryl methyl sites for hydroxylation is 1. The largest absolute Gasteiger partial charge is 0.336 e. The minimum Gasteiger partial charge on any atom is -0.336 e. The quantitative estimate of drug-likeness (QED) is 0.728. The van der Waals surface area contributed by atoms with Crippen molar-refractivity contribution < 1.29 is 18.0 Å². The van der Waals surface area contributed by atoms with Crippen LogP contribution in [0.1, 0.15) is 41.8 Å². The Kier molecular flexibility index (Phi) is 5.07. The zero-order valence-electron chi connectivity index (χ0n) is 17.7. The van der Waals surface area contributed by atoms with Gasteiger partial charge in [-0.25, -0.2) is 13.2 Å². The van der Waals surface area contributed by atoms with Gasteiger partial charge in [0.25, 0.3) is 5.92 Å². The maximum Gasteiger partial charge on any atom is 0.272 e. The molecule has 166 valence electrons. The fourth-order valence-corrected chi connectivity index (χ4v) is 5.13. The first-order valence-electron chi connectivity index (χ1n) is 11.0. The van der Waals surface area contributed by atoms with Gasteiger partial charge in [-0.2, -0.15) is 5.10 Å². The Balaban J connectivity index is 1.18. The maximum atomic E-state index is 13.2. The maximum absolute atomic E-state index is 13.2. The predicted molar refractivity (Wildman–Crippen MR) is 109 cm³/mol. The third-order valence-corrected chi connectivity index (χ3v) is 7.00. The number of alkyl halides is 2. The van der Waals surface area contributed by atoms with E-state index in [0.717, 1.165) is 36.2 Å². The number of hydrogen-bond donors (Lipinski definition) is 0. The highest BCUT2D eigenvalue weighted by molar-refractivity contribution is 5.77. The average molecular weight is 432 g/mol. The Morgan fingerprint density at radius 2 is 1.90 bits per heavy atom. The van der Waals surface area contributed by atoms with Crippen molar-refractivity contribution in [3.05, 3.63) is 52.6 Å². The van der Waals surface area contributed by atoms with Crippen LogP contribution in [0.25, 0.3) is 0 Å². The number of benzene rings is 1. The number of likely N-dealkylation sites (tertiary alicyclic amines) is 1. The highest BCUT2D eigenvalue weighted by Crippen LogP contribution is 2.40. The molecule has 8 heteroatoms. The van der Waals surface area contributed by atoms with E-state index in [2.05, 4.69) is 5.10 Å². The van der Waals surface area contributed by atoms with Crippen LogP contribution in [0, 0.1) is 18.7 Å². The zero-order valence-corrected chi connectivity index (χ0v) is 17.7. The Bertz CT molecular complexity index is 973. The Morgan fingerprint density at radius 1 is 1.19 bits per heavy atom. The summed E-state index contributed by atoms with van der Waals surface area (Å²) in [6.45, 7) is 3.48. The van der Waals surface area contributed by atoms with E-state index in [-0.39, 0.29) is 30.9 Å². The Labute approximate surface area is 179 Å². The first-order valence-corrected chi connectivity index (χ1v) is 11.0. The molecule has 0 spiro atoms. The summed E-state index contributed by atoms with van der Waals surface area (Å²) in [4.78, 5) is 16.6. The lowest BCUT2D eigenvalue weighted by Crippen LogP contribution is -2.62. The number of nitrogens with zero attached hydrogens (tertiary/aromatic N) is 4. The molecule has 3 aliphatic rings. The van der Waals surface area contributed by atoms with Gasteiger partial charge in [-0.05, 0) is 55.4 Å². The van der Waals surface area contributed by atoms with Crippen molar-refractivity contribution in [3.8, 4) is 0 Å². The lowest BCUT2D eigenvalue weighted by atomic mass is 9.76. The van der Waals surface area contributed by atoms with E-state index >= 15 is 0 Å². The number of aromatic nitrogens is 2. The highest BCUT2D eigenvalue weighted by atomic mass is 19.3. The van der Waals surface area contributed by atoms with Crippen LogP contribution in [0.5, 0.6) is 0 Å². The normalized spacial score (nSPS) is 25.0. The molecule has 5 nitrogen and oxygen atoms in total. The van der Waals surface area contributed by atoms with Crippen LogP contribution in [-0.4, -0.2) is 57.1 Å². The number of amides is 1. The van der Waals surface area contributed by atoms with Crippen molar-refractivity contribution in [2.45, 2.75) is 57.7 Å². The average Bonchev–Trinajstić information content (AvgIpc) is 2.99. The van der Waals surface area contributed by atoms with E-state index in [4.69, 9.17) is 0 Å². The Hall–Kier alpha value is -2.35. The summed E-state index contributed by atoms with van der Waals surface area (Å²) >= 11 is 0. The second kappa shape index (κ2) is 7.65. The molecule has 0 unspecified atom stereocenters. The first-order chi connectivity index (χ1) is 14.8. The molecule has 1 aromatic carbocycles. The van der Waals surface area contributed by atoms with Crippen LogP contribution in [-0.2, 0) is 24.3 Å². The second-order valence-corrected chi connectivity index (χ2v) is 9.32. The second-order valence-electron chi connectivity index (χ2n) is 9.32. The topological polar surface area (TPSA) is 41.4 Å². The molecule has 3 heterocycles. The van der Waals surface area contributed by atoms with Crippen molar-refractivity contribution in [1.82, 2.24) is 19.6 Å². The standard InChI is InChI=1S/C23H27F3N4O/c1-15-20-6-7-28(12-21(20)30(27-15)11-16-2-4-18(24)5-3-16)22(31)10-17-8-19(9-17)29-13-23(25,26)14-29/h2-5,17,19H,6-14H2,1H3. The number of rotatable bonds is 5. The van der Waals surface area contributed by atoms with E-state index in [0.29, 0.717) is 32.0 Å². The van der Waals surface area contributed by atoms with Gasteiger partial charge in [-0.1, -0.05) is 12.1 Å². The number of fused-ring (bicyclic) bond motifs is 1. The van der Waals surface area contributed by atoms with Gasteiger partial charge in [0.1, 0.15) is 5.82 Å². The van der Waals surface area contributed by atoms with E-state index in [1.807, 2.05) is 21.4 Å². The molecule has 0 atom stereocenters. The van der Waals surface area contributed by atoms with Crippen molar-refractivity contribution >= 4 is 5.91 Å². The van der Waals surface area contributed by atoms with Gasteiger partial charge in [0, 0.05) is 19.0 Å². The monoisotopic (exact) mass is 432 g/mol. The molecule has 0 N–H and O–H groups in total. The summed E-state index contributed by atoms with van der Waals surface area (Å²) in [6, 6.07) is 6.62. The van der Waals surface area contributed by atoms with E-state index in [9.17, 15) is 18.0 Å². The third-order valence-electron chi connectivity index (χ3n) is 7.00. The summed E-state index contributed by atoms with van der Waals surface area (Å²) < 4.78 is 41.2. The van der Waals surface area contributed by atoms with Crippen molar-refractivity contribution in [3.63, 3.8) is 0 Å². The molecule has 31 heavy (non-hydrogen) atoms. The summed E-state index contributed by atoms with van der Waals surface area (Å²) in [5, 5.41) is 4.67. The molecular weight excluding hydrogens is 405 g/mol. The number of carbonyl (C=O) groups excluding carboxylic acids is 1. The minimum absolute atomic E-state index is 0.134. The summed E-state index contributed by atoms with van der Waals surface area (Å²) in [5.41, 5.74) is 4.20. The van der Waals surface area contributed by atoms with Gasteiger partial charge < -0.3 is 4.90 Å². The van der Waals surface area contributed by atoms with Crippen LogP contribution in [0.15, 0.2) is 24.3 Å². The molecular formula is C23H27F3N4O. The summed E-state index contributed by atoms with van der Waals surface area (Å²) in [7, 11) is 0. The van der Waals surface area contributed by atoms with Gasteiger partial charge in [0.2, 0.25) is 5.91 Å². The van der Waals surface area contributed by atoms with Gasteiger partial charge in [-0.15, -0.1) is 0 Å². The minimum atomic E-state index is -2.53. The zero-order chi connectivity index (χ0) is 21.8. The molecule has 2 aliphatic heterocycles. The molecule has 0 bridgehead atoms. The molecule has 1 saturated carbocycles. The smallest absolute Gasteiger partial charge is 0.272 e.